The second-order valence-electron chi connectivity index (χ2n) is 9.06. The molecule has 6 N–H and O–H groups in total. The average molecular weight is 559 g/mol. The van der Waals surface area contributed by atoms with E-state index in [0.29, 0.717) is 33.1 Å². The highest BCUT2D eigenvalue weighted by molar-refractivity contribution is 6.02. The smallest absolute Gasteiger partial charge is 0.292 e. The van der Waals surface area contributed by atoms with E-state index in [-0.39, 0.29) is 34.9 Å². The largest absolute Gasteiger partial charge is 0.326 e. The summed E-state index contributed by atoms with van der Waals surface area (Å²) in [5.74, 6) is 1.37. The maximum absolute atomic E-state index is 12.7. The Bertz CT molecular complexity index is 1720. The molecule has 0 saturated heterocycles. The van der Waals surface area contributed by atoms with Gasteiger partial charge >= 0.3 is 18.1 Å². The molecule has 0 saturated carbocycles. The molecule has 1 aliphatic rings. The molecule has 0 spiro atoms. The molecule has 0 atom stereocenters. The zero-order valence-corrected chi connectivity index (χ0v) is 21.3. The fourth-order valence-corrected chi connectivity index (χ4v) is 4.21. The summed E-state index contributed by atoms with van der Waals surface area (Å²) in [5, 5.41) is 18.0. The van der Waals surface area contributed by atoms with Crippen LogP contribution in [-0.4, -0.2) is 48.0 Å². The molecule has 15 nitrogen and oxygen atoms in total. The van der Waals surface area contributed by atoms with Gasteiger partial charge in [-0.25, -0.2) is 44.3 Å². The van der Waals surface area contributed by atoms with Gasteiger partial charge in [-0.1, -0.05) is 0 Å². The number of carbonyl (C=O) groups is 3. The molecule has 6 aromatic heterocycles. The van der Waals surface area contributed by atoms with Crippen LogP contribution in [0.2, 0.25) is 0 Å². The maximum atomic E-state index is 12.7. The van der Waals surface area contributed by atoms with E-state index in [2.05, 4.69) is 61.8 Å². The van der Waals surface area contributed by atoms with Crippen LogP contribution < -0.4 is 31.9 Å². The van der Waals surface area contributed by atoms with Crippen LogP contribution in [0.3, 0.4) is 0 Å². The quantitative estimate of drug-likeness (QED) is 0.152. The van der Waals surface area contributed by atoms with E-state index in [1.165, 1.54) is 0 Å². The fraction of sp³-hybridized carbons (Fsp3) is 0. The van der Waals surface area contributed by atoms with Crippen LogP contribution in [-0.2, 0) is 0 Å². The minimum Gasteiger partial charge on any atom is -0.292 e. The Balaban J connectivity index is 1.26. The highest BCUT2D eigenvalue weighted by Gasteiger charge is 2.12. The average Bonchev–Trinajstić information content (AvgIpc) is 2.96. The summed E-state index contributed by atoms with van der Waals surface area (Å²) >= 11 is 0. The van der Waals surface area contributed by atoms with Gasteiger partial charge in [0.25, 0.3) is 0 Å². The van der Waals surface area contributed by atoms with Crippen LogP contribution in [0.1, 0.15) is 0 Å². The molecule has 0 radical (unpaired) electrons. The summed E-state index contributed by atoms with van der Waals surface area (Å²) in [6.07, 6.45) is 0. The van der Waals surface area contributed by atoms with Gasteiger partial charge in [-0.05, 0) is 72.8 Å². The van der Waals surface area contributed by atoms with Crippen molar-refractivity contribution in [1.82, 2.24) is 29.9 Å². The van der Waals surface area contributed by atoms with E-state index in [1.807, 2.05) is 0 Å². The lowest BCUT2D eigenvalue weighted by atomic mass is 10.3. The number of fused-ring (bicyclic) bond motifs is 6. The van der Waals surface area contributed by atoms with Crippen molar-refractivity contribution < 1.29 is 14.4 Å². The van der Waals surface area contributed by atoms with Gasteiger partial charge in [0, 0.05) is 16.2 Å². The number of amides is 6. The van der Waals surface area contributed by atoms with Crippen LogP contribution in [0.15, 0.2) is 72.8 Å². The third-order valence-electron chi connectivity index (χ3n) is 6.11. The summed E-state index contributed by atoms with van der Waals surface area (Å²) in [7, 11) is 0. The first-order chi connectivity index (χ1) is 20.4. The molecule has 1 aliphatic heterocycles. The standard InChI is InChI=1S/C27H18N12O3/c40-25-34-16-7-1-13-2-8-17(29-22(13)28-16)35-26(41)37-19-10-4-15-6-12-21(33-24(15)31-19)39-27(42)38-20-11-5-14-3-9-18(36-25)30-23(14)32-20/h1-12H,(H6,28,29,30,31,32,33,34,35,36,37,38,39,40,41,42). The third kappa shape index (κ3) is 5.07. The van der Waals surface area contributed by atoms with Gasteiger partial charge in [0.2, 0.25) is 0 Å². The monoisotopic (exact) mass is 558 g/mol. The Morgan fingerprint density at radius 1 is 0.310 bits per heavy atom. The van der Waals surface area contributed by atoms with Crippen LogP contribution in [0.25, 0.3) is 33.1 Å². The maximum Gasteiger partial charge on any atom is 0.326 e. The number of hydrogen-bond donors (Lipinski definition) is 6. The SMILES string of the molecule is O=C1Nc2ccc3ccc(nc3n2)NC(=O)Nc2ccc3ccc(nc3n2)NC(=O)Nc2ccc3ccc(nc3n2)N1. The van der Waals surface area contributed by atoms with Gasteiger partial charge in [0.15, 0.2) is 16.9 Å². The van der Waals surface area contributed by atoms with Gasteiger partial charge in [-0.15, -0.1) is 0 Å². The second-order valence-corrected chi connectivity index (χ2v) is 9.06. The van der Waals surface area contributed by atoms with Gasteiger partial charge in [0.05, 0.1) is 0 Å². The first-order valence-electron chi connectivity index (χ1n) is 12.5. The molecular weight excluding hydrogens is 540 g/mol. The number of nitrogens with one attached hydrogen (secondary N) is 6. The minimum absolute atomic E-state index is 0.229. The predicted molar refractivity (Wildman–Crippen MR) is 157 cm³/mol. The third-order valence-corrected chi connectivity index (χ3v) is 6.11. The lowest BCUT2D eigenvalue weighted by Gasteiger charge is -2.11. The number of rotatable bonds is 0. The van der Waals surface area contributed by atoms with E-state index in [0.717, 1.165) is 0 Å². The molecule has 0 aromatic carbocycles. The topological polar surface area (TPSA) is 201 Å². The predicted octanol–water partition coefficient (Wildman–Crippen LogP) is 4.76. The molecule has 0 aliphatic carbocycles. The summed E-state index contributed by atoms with van der Waals surface area (Å²) in [6.45, 7) is 0. The molecule has 6 aromatic rings. The van der Waals surface area contributed by atoms with Crippen molar-refractivity contribution in [2.45, 2.75) is 0 Å². The normalized spacial score (nSPS) is 13.6. The Morgan fingerprint density at radius 2 is 0.500 bits per heavy atom. The number of aromatic nitrogens is 6. The van der Waals surface area contributed by atoms with Crippen molar-refractivity contribution in [3.8, 4) is 0 Å². The minimum atomic E-state index is -0.593. The van der Waals surface area contributed by atoms with Crippen molar-refractivity contribution in [1.29, 1.82) is 0 Å². The van der Waals surface area contributed by atoms with Gasteiger partial charge in [-0.2, -0.15) is 0 Å². The van der Waals surface area contributed by atoms with Crippen LogP contribution in [0.4, 0.5) is 49.3 Å². The summed E-state index contributed by atoms with van der Waals surface area (Å²) in [5.41, 5.74) is 0.905. The zero-order chi connectivity index (χ0) is 28.6. The Morgan fingerprint density at radius 3 is 0.690 bits per heavy atom. The number of nitrogens with zero attached hydrogens (tertiary/aromatic N) is 6. The Labute approximate surface area is 235 Å². The number of pyridine rings is 6. The molecule has 42 heavy (non-hydrogen) atoms. The molecule has 0 fully saturated rings. The Kier molecular flexibility index (Phi) is 5.78. The molecule has 0 unspecified atom stereocenters. The van der Waals surface area contributed by atoms with Crippen molar-refractivity contribution in [3.05, 3.63) is 72.8 Å². The van der Waals surface area contributed by atoms with E-state index in [9.17, 15) is 14.4 Å². The van der Waals surface area contributed by atoms with E-state index >= 15 is 0 Å². The lowest BCUT2D eigenvalue weighted by molar-refractivity contribution is 0.261. The van der Waals surface area contributed by atoms with E-state index in [4.69, 9.17) is 0 Å². The summed E-state index contributed by atoms with van der Waals surface area (Å²) < 4.78 is 0. The molecular formula is C27H18N12O3. The summed E-state index contributed by atoms with van der Waals surface area (Å²) in [4.78, 5) is 64.4. The molecule has 9 bridgehead atoms. The number of carbonyl (C=O) groups excluding carboxylic acids is 3. The van der Waals surface area contributed by atoms with E-state index in [1.54, 1.807) is 72.8 Å². The van der Waals surface area contributed by atoms with Gasteiger partial charge in [-0.3, -0.25) is 31.9 Å². The van der Waals surface area contributed by atoms with Crippen molar-refractivity contribution in [3.63, 3.8) is 0 Å². The number of hydrogen-bond acceptors (Lipinski definition) is 9. The van der Waals surface area contributed by atoms with Gasteiger partial charge in [0.1, 0.15) is 34.9 Å². The van der Waals surface area contributed by atoms with Crippen LogP contribution in [0, 0.1) is 0 Å². The van der Waals surface area contributed by atoms with Crippen LogP contribution in [0.5, 0.6) is 0 Å². The van der Waals surface area contributed by atoms with Crippen molar-refractivity contribution in [2.75, 3.05) is 31.9 Å². The van der Waals surface area contributed by atoms with Gasteiger partial charge < -0.3 is 0 Å². The number of anilines is 6. The lowest BCUT2D eigenvalue weighted by Crippen LogP contribution is -2.22. The molecule has 7 heterocycles. The highest BCUT2D eigenvalue weighted by Crippen LogP contribution is 2.20. The van der Waals surface area contributed by atoms with E-state index < -0.39 is 18.1 Å². The number of urea groups is 3. The molecule has 6 amide bonds. The first kappa shape index (κ1) is 24.5. The molecule has 15 heteroatoms. The molecule has 7 rings (SSSR count). The highest BCUT2D eigenvalue weighted by atomic mass is 16.2. The first-order valence-corrected chi connectivity index (χ1v) is 12.5. The van der Waals surface area contributed by atoms with Crippen molar-refractivity contribution >= 4 is 86.1 Å². The Hall–Kier alpha value is -6.51. The fourth-order valence-electron chi connectivity index (χ4n) is 4.21. The molecule has 204 valence electrons. The summed E-state index contributed by atoms with van der Waals surface area (Å²) in [6, 6.07) is 18.4. The van der Waals surface area contributed by atoms with Crippen molar-refractivity contribution in [2.24, 2.45) is 0 Å². The zero-order valence-electron chi connectivity index (χ0n) is 21.3. The second kappa shape index (κ2) is 9.91. The van der Waals surface area contributed by atoms with Crippen LogP contribution >= 0.6 is 0 Å².